The molecule has 0 saturated carbocycles. The van der Waals surface area contributed by atoms with Crippen molar-refractivity contribution in [2.75, 3.05) is 0 Å². The Morgan fingerprint density at radius 3 is 1.24 bits per heavy atom. The van der Waals surface area contributed by atoms with Crippen LogP contribution in [-0.4, -0.2) is 0 Å². The molecule has 0 spiro atoms. The maximum Gasteiger partial charge on any atom is 0.0277 e. The van der Waals surface area contributed by atoms with Crippen molar-refractivity contribution in [2.45, 2.75) is 9.79 Å². The zero-order chi connectivity index (χ0) is 12.4. The van der Waals surface area contributed by atoms with E-state index in [2.05, 4.69) is 75.9 Å². The van der Waals surface area contributed by atoms with Gasteiger partial charge in [-0.2, -0.15) is 0 Å². The summed E-state index contributed by atoms with van der Waals surface area (Å²) < 4.78 is 3.76. The topological polar surface area (TPSA) is 0 Å². The van der Waals surface area contributed by atoms with Gasteiger partial charge in [0.25, 0.3) is 0 Å². The zero-order valence-corrected chi connectivity index (χ0v) is 15.4. The highest BCUT2D eigenvalue weighted by atomic mass is 79.9. The fraction of sp³-hybridized carbons (Fsp3) is 0. The summed E-state index contributed by atoms with van der Waals surface area (Å²) in [6.07, 6.45) is 0. The van der Waals surface area contributed by atoms with Crippen LogP contribution in [0.2, 0.25) is 0 Å². The van der Waals surface area contributed by atoms with Crippen LogP contribution in [0.1, 0.15) is 0 Å². The predicted molar refractivity (Wildman–Crippen MR) is 85.5 cm³/mol. The molecule has 0 bridgehead atoms. The third-order valence-electron chi connectivity index (χ3n) is 1.79. The SMILES string of the molecule is Brc1[c]c(Br)cc(Sc2cc(Br)[c]c(Br)c2)c1. The van der Waals surface area contributed by atoms with Crippen molar-refractivity contribution in [1.29, 1.82) is 0 Å². The molecule has 2 aromatic carbocycles. The second kappa shape index (κ2) is 6.24. The molecule has 0 heterocycles. The minimum Gasteiger partial charge on any atom is -0.0899 e. The van der Waals surface area contributed by atoms with Crippen LogP contribution in [0, 0.1) is 12.1 Å². The number of hydrogen-bond acceptors (Lipinski definition) is 1. The van der Waals surface area contributed by atoms with Gasteiger partial charge in [0.15, 0.2) is 0 Å². The molecular formula is C12H4Br4S. The fourth-order valence-corrected chi connectivity index (χ4v) is 5.17. The van der Waals surface area contributed by atoms with Crippen LogP contribution in [-0.2, 0) is 0 Å². The fourth-order valence-electron chi connectivity index (χ4n) is 1.21. The van der Waals surface area contributed by atoms with Crippen molar-refractivity contribution in [1.82, 2.24) is 0 Å². The summed E-state index contributed by atoms with van der Waals surface area (Å²) >= 11 is 15.4. The maximum atomic E-state index is 3.43. The first kappa shape index (κ1) is 14.1. The van der Waals surface area contributed by atoms with E-state index >= 15 is 0 Å². The highest BCUT2D eigenvalue weighted by molar-refractivity contribution is 9.11. The highest BCUT2D eigenvalue weighted by Crippen LogP contribution is 2.34. The molecule has 0 N–H and O–H groups in total. The standard InChI is InChI=1S/C12H4Br4S/c13-7-1-8(14)4-11(3-7)17-12-5-9(15)2-10(16)6-12/h3-6H. The second-order valence-corrected chi connectivity index (χ2v) is 7.69. The maximum absolute atomic E-state index is 3.43. The van der Waals surface area contributed by atoms with Gasteiger partial charge in [0.2, 0.25) is 0 Å². The average Bonchev–Trinajstić information content (AvgIpc) is 2.13. The minimum atomic E-state index is 0.940. The Balaban J connectivity index is 2.31. The second-order valence-electron chi connectivity index (χ2n) is 3.13. The molecule has 0 aliphatic rings. The van der Waals surface area contributed by atoms with Crippen molar-refractivity contribution < 1.29 is 0 Å². The van der Waals surface area contributed by atoms with E-state index in [4.69, 9.17) is 0 Å². The number of rotatable bonds is 2. The van der Waals surface area contributed by atoms with Gasteiger partial charge in [-0.05, 0) is 24.3 Å². The van der Waals surface area contributed by atoms with Gasteiger partial charge in [-0.15, -0.1) is 0 Å². The van der Waals surface area contributed by atoms with Crippen molar-refractivity contribution in [3.05, 3.63) is 54.3 Å². The lowest BCUT2D eigenvalue weighted by Crippen LogP contribution is -1.77. The quantitative estimate of drug-likeness (QED) is 0.455. The van der Waals surface area contributed by atoms with Crippen LogP contribution in [0.5, 0.6) is 0 Å². The molecule has 0 aromatic heterocycles. The number of halogens is 4. The molecule has 0 fully saturated rings. The van der Waals surface area contributed by atoms with E-state index in [1.165, 1.54) is 0 Å². The molecule has 0 unspecified atom stereocenters. The van der Waals surface area contributed by atoms with Crippen molar-refractivity contribution >= 4 is 75.5 Å². The molecule has 5 heteroatoms. The molecule has 0 atom stereocenters. The van der Waals surface area contributed by atoms with Crippen molar-refractivity contribution in [3.63, 3.8) is 0 Å². The van der Waals surface area contributed by atoms with Gasteiger partial charge in [0.05, 0.1) is 0 Å². The highest BCUT2D eigenvalue weighted by Gasteiger charge is 2.03. The first-order valence-electron chi connectivity index (χ1n) is 4.47. The first-order valence-corrected chi connectivity index (χ1v) is 8.46. The Morgan fingerprint density at radius 1 is 0.647 bits per heavy atom. The van der Waals surface area contributed by atoms with Crippen molar-refractivity contribution in [3.8, 4) is 0 Å². The van der Waals surface area contributed by atoms with E-state index in [0.29, 0.717) is 0 Å². The van der Waals surface area contributed by atoms with Crippen LogP contribution in [0.15, 0.2) is 51.9 Å². The van der Waals surface area contributed by atoms with Crippen LogP contribution in [0.4, 0.5) is 0 Å². The summed E-state index contributed by atoms with van der Waals surface area (Å²) in [6.45, 7) is 0. The molecule has 0 saturated heterocycles. The Bertz CT molecular complexity index is 464. The normalized spacial score (nSPS) is 10.6. The molecule has 0 aliphatic carbocycles. The summed E-state index contributed by atoms with van der Waals surface area (Å²) in [6, 6.07) is 14.4. The van der Waals surface area contributed by atoms with E-state index in [-0.39, 0.29) is 0 Å². The summed E-state index contributed by atoms with van der Waals surface area (Å²) in [5, 5.41) is 0. The van der Waals surface area contributed by atoms with Gasteiger partial charge in [-0.3, -0.25) is 0 Å². The smallest absolute Gasteiger partial charge is 0.0277 e. The number of hydrogen-bond donors (Lipinski definition) is 0. The molecule has 17 heavy (non-hydrogen) atoms. The predicted octanol–water partition coefficient (Wildman–Crippen LogP) is 6.49. The van der Waals surface area contributed by atoms with Gasteiger partial charge < -0.3 is 0 Å². The zero-order valence-electron chi connectivity index (χ0n) is 8.23. The van der Waals surface area contributed by atoms with E-state index < -0.39 is 0 Å². The van der Waals surface area contributed by atoms with E-state index in [0.717, 1.165) is 27.7 Å². The van der Waals surface area contributed by atoms with Gasteiger partial charge in [0.1, 0.15) is 0 Å². The molecule has 2 rings (SSSR count). The van der Waals surface area contributed by atoms with Crippen LogP contribution >= 0.6 is 75.5 Å². The lowest BCUT2D eigenvalue weighted by molar-refractivity contribution is 1.35. The Labute approximate surface area is 138 Å². The Hall–Kier alpha value is 0.710. The summed E-state index contributed by atoms with van der Waals surface area (Å²) in [5.74, 6) is 0. The average molecular weight is 500 g/mol. The lowest BCUT2D eigenvalue weighted by atomic mass is 10.4. The van der Waals surface area contributed by atoms with Gasteiger partial charge >= 0.3 is 0 Å². The van der Waals surface area contributed by atoms with Gasteiger partial charge in [-0.25, -0.2) is 0 Å². The van der Waals surface area contributed by atoms with Crippen LogP contribution < -0.4 is 0 Å². The Kier molecular flexibility index (Phi) is 5.18. The van der Waals surface area contributed by atoms with Crippen molar-refractivity contribution in [2.24, 2.45) is 0 Å². The van der Waals surface area contributed by atoms with Gasteiger partial charge in [-0.1, -0.05) is 75.5 Å². The molecule has 0 amide bonds. The summed E-state index contributed by atoms with van der Waals surface area (Å²) in [5.41, 5.74) is 0. The van der Waals surface area contributed by atoms with E-state index in [9.17, 15) is 0 Å². The van der Waals surface area contributed by atoms with E-state index in [1.54, 1.807) is 11.8 Å². The summed E-state index contributed by atoms with van der Waals surface area (Å²) in [4.78, 5) is 2.29. The van der Waals surface area contributed by atoms with Crippen LogP contribution in [0.25, 0.3) is 0 Å². The molecular weight excluding hydrogens is 496 g/mol. The lowest BCUT2D eigenvalue weighted by Gasteiger charge is -2.04. The monoisotopic (exact) mass is 496 g/mol. The van der Waals surface area contributed by atoms with Crippen LogP contribution in [0.3, 0.4) is 0 Å². The molecule has 86 valence electrons. The first-order chi connectivity index (χ1) is 8.02. The molecule has 2 aromatic rings. The molecule has 2 radical (unpaired) electrons. The summed E-state index contributed by atoms with van der Waals surface area (Å²) in [7, 11) is 0. The minimum absolute atomic E-state index is 0.940. The van der Waals surface area contributed by atoms with E-state index in [1.807, 2.05) is 24.3 Å². The van der Waals surface area contributed by atoms with Gasteiger partial charge in [0, 0.05) is 39.8 Å². The molecule has 0 aliphatic heterocycles. The third kappa shape index (κ3) is 4.39. The largest absolute Gasteiger partial charge is 0.0899 e. The number of benzene rings is 2. The Morgan fingerprint density at radius 2 is 0.941 bits per heavy atom. The third-order valence-corrected chi connectivity index (χ3v) is 4.44. The molecule has 0 nitrogen and oxygen atoms in total.